The minimum absolute atomic E-state index is 0.0214. The summed E-state index contributed by atoms with van der Waals surface area (Å²) in [5.41, 5.74) is 2.03. The van der Waals surface area contributed by atoms with Gasteiger partial charge < -0.3 is 34.6 Å². The molecule has 3 N–H and O–H groups in total. The Morgan fingerprint density at radius 1 is 0.948 bits per heavy atom. The minimum Gasteiger partial charge on any atom is -0.504 e. The topological polar surface area (TPSA) is 208 Å². The average Bonchev–Trinajstić information content (AvgIpc) is 3.59. The van der Waals surface area contributed by atoms with Gasteiger partial charge in [0.15, 0.2) is 17.6 Å². The Labute approximate surface area is 336 Å². The molecule has 0 spiro atoms. The fraction of sp³-hybridized carbons (Fsp3) is 0.167. The number of nitro groups is 1. The molecule has 1 aliphatic rings. The number of aromatic nitrogens is 1. The fourth-order valence-corrected chi connectivity index (χ4v) is 7.22. The lowest BCUT2D eigenvalue weighted by atomic mass is 9.98. The number of carbonyl (C=O) groups is 4. The molecule has 296 valence electrons. The number of aromatic hydroxyl groups is 2. The highest BCUT2D eigenvalue weighted by atomic mass is 32.2. The predicted molar refractivity (Wildman–Crippen MR) is 212 cm³/mol. The Balaban J connectivity index is 1.20. The highest BCUT2D eigenvalue weighted by molar-refractivity contribution is 8.01. The van der Waals surface area contributed by atoms with Crippen molar-refractivity contribution in [1.29, 1.82) is 0 Å². The van der Waals surface area contributed by atoms with Gasteiger partial charge in [-0.1, -0.05) is 66.7 Å². The summed E-state index contributed by atoms with van der Waals surface area (Å²) in [7, 11) is 0. The Hall–Kier alpha value is -7.20. The van der Waals surface area contributed by atoms with Crippen LogP contribution < -0.4 is 10.1 Å². The van der Waals surface area contributed by atoms with Crippen LogP contribution in [0.25, 0.3) is 6.08 Å². The highest BCUT2D eigenvalue weighted by Gasteiger charge is 2.53. The molecule has 0 radical (unpaired) electrons. The molecule has 5 aromatic rings. The zero-order valence-electron chi connectivity index (χ0n) is 30.8. The second-order valence-electron chi connectivity index (χ2n) is 13.1. The molecule has 58 heavy (non-hydrogen) atoms. The molecule has 16 heteroatoms. The third-order valence-corrected chi connectivity index (χ3v) is 10.4. The van der Waals surface area contributed by atoms with Gasteiger partial charge in [-0.05, 0) is 66.1 Å². The van der Waals surface area contributed by atoms with E-state index in [1.54, 1.807) is 6.92 Å². The van der Waals surface area contributed by atoms with Crippen molar-refractivity contribution in [2.24, 2.45) is 0 Å². The first-order valence-corrected chi connectivity index (χ1v) is 18.7. The normalized spacial score (nSPS) is 16.2. The first kappa shape index (κ1) is 40.5. The number of hydrogen-bond donors (Lipinski definition) is 3. The van der Waals surface area contributed by atoms with Crippen LogP contribution in [0.3, 0.4) is 0 Å². The SMILES string of the molecule is CC1(COC(=O)NCc2ccc(O)c(O)c2)SCN(C(=O)/C=C/c2cc(C(=O)Oc3ccc([N+](=O)[O-])cc3)ccn2)[C@H]1C(=O)OC(c1ccccc1)c1ccccc1. The molecular formula is C42H36N4O11S. The average molecular weight is 805 g/mol. The molecular weight excluding hydrogens is 769 g/mol. The van der Waals surface area contributed by atoms with Crippen LogP contribution >= 0.6 is 11.8 Å². The number of hydrogen-bond acceptors (Lipinski definition) is 13. The third kappa shape index (κ3) is 9.96. The molecule has 2 atom stereocenters. The number of esters is 2. The van der Waals surface area contributed by atoms with E-state index >= 15 is 0 Å². The minimum atomic E-state index is -1.25. The molecule has 1 aromatic heterocycles. The number of phenolic OH excluding ortho intramolecular Hbond substituents is 2. The number of nitrogens with one attached hydrogen (secondary N) is 1. The van der Waals surface area contributed by atoms with E-state index in [4.69, 9.17) is 14.2 Å². The van der Waals surface area contributed by atoms with E-state index in [-0.39, 0.29) is 53.2 Å². The molecule has 0 saturated carbocycles. The van der Waals surface area contributed by atoms with Gasteiger partial charge in [0.05, 0.1) is 26.8 Å². The molecule has 15 nitrogen and oxygen atoms in total. The number of nitro benzene ring substituents is 1. The fourth-order valence-electron chi connectivity index (χ4n) is 5.99. The Bertz CT molecular complexity index is 2290. The lowest BCUT2D eigenvalue weighted by molar-refractivity contribution is -0.384. The van der Waals surface area contributed by atoms with Gasteiger partial charge in [0.25, 0.3) is 5.69 Å². The van der Waals surface area contributed by atoms with Crippen molar-refractivity contribution < 1.29 is 48.5 Å². The van der Waals surface area contributed by atoms with Crippen molar-refractivity contribution in [2.45, 2.75) is 30.4 Å². The molecule has 0 aliphatic carbocycles. The van der Waals surface area contributed by atoms with Gasteiger partial charge in [0, 0.05) is 31.0 Å². The van der Waals surface area contributed by atoms with Gasteiger partial charge in [-0.25, -0.2) is 14.4 Å². The largest absolute Gasteiger partial charge is 0.504 e. The third-order valence-electron chi connectivity index (χ3n) is 9.01. The van der Waals surface area contributed by atoms with Crippen LogP contribution in [0.15, 0.2) is 128 Å². The number of thioether (sulfide) groups is 1. The summed E-state index contributed by atoms with van der Waals surface area (Å²) >= 11 is 1.22. The monoisotopic (exact) mass is 804 g/mol. The van der Waals surface area contributed by atoms with E-state index in [2.05, 4.69) is 10.3 Å². The van der Waals surface area contributed by atoms with Crippen molar-refractivity contribution in [3.05, 3.63) is 166 Å². The van der Waals surface area contributed by atoms with E-state index in [9.17, 15) is 39.5 Å². The Morgan fingerprint density at radius 3 is 2.26 bits per heavy atom. The molecule has 1 aliphatic heterocycles. The maximum atomic E-state index is 14.4. The lowest BCUT2D eigenvalue weighted by Gasteiger charge is -2.33. The van der Waals surface area contributed by atoms with Crippen LogP contribution in [0.1, 0.15) is 45.8 Å². The van der Waals surface area contributed by atoms with Gasteiger partial charge in [-0.3, -0.25) is 19.9 Å². The first-order chi connectivity index (χ1) is 27.9. The van der Waals surface area contributed by atoms with Gasteiger partial charge in [-0.2, -0.15) is 0 Å². The second kappa shape index (κ2) is 18.2. The van der Waals surface area contributed by atoms with Crippen LogP contribution in [0.4, 0.5) is 10.5 Å². The molecule has 1 unspecified atom stereocenters. The smallest absolute Gasteiger partial charge is 0.407 e. The standard InChI is InChI=1S/C42H36N4O11S/c1-42(25-55-41(52)44-24-27-12-18-34(47)35(48)22-27)38(40(51)57-37(28-8-4-2-5-9-28)29-10-6-3-7-11-29)45(26-58-42)36(49)19-13-31-23-30(20-21-43-31)39(50)56-33-16-14-32(15-17-33)46(53)54/h2-23,37-38,47-48H,24-26H2,1H3,(H,44,52)/b19-13+/t38-,42?/m0/s1. The van der Waals surface area contributed by atoms with Crippen LogP contribution in [-0.2, 0) is 25.6 Å². The maximum absolute atomic E-state index is 14.4. The quantitative estimate of drug-likeness (QED) is 0.0288. The predicted octanol–water partition coefficient (Wildman–Crippen LogP) is 6.55. The zero-order valence-corrected chi connectivity index (χ0v) is 31.6. The molecule has 2 heterocycles. The molecule has 1 fully saturated rings. The van der Waals surface area contributed by atoms with E-state index in [1.165, 1.54) is 89.6 Å². The number of benzene rings is 4. The van der Waals surface area contributed by atoms with Crippen molar-refractivity contribution >= 4 is 47.5 Å². The maximum Gasteiger partial charge on any atom is 0.407 e. The summed E-state index contributed by atoms with van der Waals surface area (Å²) in [5.74, 6) is -2.64. The van der Waals surface area contributed by atoms with E-state index < -0.39 is 45.8 Å². The Kier molecular flexibility index (Phi) is 12.7. The van der Waals surface area contributed by atoms with Crippen molar-refractivity contribution in [3.8, 4) is 17.2 Å². The van der Waals surface area contributed by atoms with Crippen LogP contribution in [0, 0.1) is 10.1 Å². The van der Waals surface area contributed by atoms with Crippen LogP contribution in [0.5, 0.6) is 17.2 Å². The van der Waals surface area contributed by atoms with Crippen molar-refractivity contribution in [3.63, 3.8) is 0 Å². The molecule has 4 aromatic carbocycles. The summed E-state index contributed by atoms with van der Waals surface area (Å²) < 4.78 is 16.0. The number of rotatable bonds is 13. The number of ether oxygens (including phenoxy) is 3. The summed E-state index contributed by atoms with van der Waals surface area (Å²) in [6.07, 6.45) is 2.26. The molecule has 2 amide bonds. The summed E-state index contributed by atoms with van der Waals surface area (Å²) in [5, 5.41) is 32.9. The highest BCUT2D eigenvalue weighted by Crippen LogP contribution is 2.42. The number of non-ortho nitro benzene ring substituents is 1. The first-order valence-electron chi connectivity index (χ1n) is 17.7. The van der Waals surface area contributed by atoms with E-state index in [0.717, 1.165) is 0 Å². The van der Waals surface area contributed by atoms with Crippen LogP contribution in [-0.4, -0.2) is 72.2 Å². The summed E-state index contributed by atoms with van der Waals surface area (Å²) in [4.78, 5) is 69.9. The van der Waals surface area contributed by atoms with Crippen molar-refractivity contribution in [1.82, 2.24) is 15.2 Å². The van der Waals surface area contributed by atoms with E-state index in [0.29, 0.717) is 16.7 Å². The lowest BCUT2D eigenvalue weighted by Crippen LogP contribution is -2.53. The van der Waals surface area contributed by atoms with E-state index in [1.807, 2.05) is 60.7 Å². The van der Waals surface area contributed by atoms with Gasteiger partial charge in [-0.15, -0.1) is 11.8 Å². The zero-order chi connectivity index (χ0) is 41.2. The number of amides is 2. The second-order valence-corrected chi connectivity index (χ2v) is 14.6. The van der Waals surface area contributed by atoms with Crippen molar-refractivity contribution in [2.75, 3.05) is 12.5 Å². The molecule has 1 saturated heterocycles. The van der Waals surface area contributed by atoms with Gasteiger partial charge in [0.2, 0.25) is 5.91 Å². The number of pyridine rings is 1. The number of nitrogens with zero attached hydrogens (tertiary/aromatic N) is 3. The molecule has 6 rings (SSSR count). The summed E-state index contributed by atoms with van der Waals surface area (Å²) in [6.45, 7) is 1.35. The number of carbonyl (C=O) groups excluding carboxylic acids is 4. The van der Waals surface area contributed by atoms with Gasteiger partial charge in [0.1, 0.15) is 18.4 Å². The number of alkyl carbamates (subject to hydrolysis) is 1. The Morgan fingerprint density at radius 2 is 1.62 bits per heavy atom. The molecule has 0 bridgehead atoms. The summed E-state index contributed by atoms with van der Waals surface area (Å²) in [6, 6.07) is 28.9. The van der Waals surface area contributed by atoms with Crippen LogP contribution in [0.2, 0.25) is 0 Å². The number of phenols is 2. The van der Waals surface area contributed by atoms with Gasteiger partial charge >= 0.3 is 18.0 Å².